The van der Waals surface area contributed by atoms with E-state index in [9.17, 15) is 0 Å². The quantitative estimate of drug-likeness (QED) is 0.581. The second-order valence-corrected chi connectivity index (χ2v) is 5.77. The smallest absolute Gasteiger partial charge is 0.156 e. The molecule has 0 spiro atoms. The molecule has 0 amide bonds. The second kappa shape index (κ2) is 3.72. The maximum Gasteiger partial charge on any atom is 0.156 e. The van der Waals surface area contributed by atoms with E-state index >= 15 is 0 Å². The number of aromatic nitrogens is 2. The number of rotatable bonds is 1. The minimum absolute atomic E-state index is 0.0752. The number of nitrogen functional groups attached to an aromatic ring is 1. The molecule has 0 unspecified atom stereocenters. The highest BCUT2D eigenvalue weighted by molar-refractivity contribution is 8.00. The van der Waals surface area contributed by atoms with Gasteiger partial charge >= 0.3 is 0 Å². The Morgan fingerprint density at radius 3 is 2.54 bits per heavy atom. The van der Waals surface area contributed by atoms with E-state index < -0.39 is 0 Å². The van der Waals surface area contributed by atoms with Crippen LogP contribution in [0.3, 0.4) is 0 Å². The Morgan fingerprint density at radius 1 is 1.38 bits per heavy atom. The van der Waals surface area contributed by atoms with Gasteiger partial charge in [0.05, 0.1) is 0 Å². The Hall–Kier alpha value is -0.480. The van der Waals surface area contributed by atoms with Crippen molar-refractivity contribution in [2.24, 2.45) is 0 Å². The molecule has 0 fully saturated rings. The largest absolute Gasteiger partial charge is 0.394 e. The highest BCUT2D eigenvalue weighted by atomic mass is 35.5. The van der Waals surface area contributed by atoms with Crippen LogP contribution in [0.5, 0.6) is 0 Å². The summed E-state index contributed by atoms with van der Waals surface area (Å²) in [5.41, 5.74) is 6.17. The van der Waals surface area contributed by atoms with Crippen LogP contribution >= 0.6 is 23.4 Å². The van der Waals surface area contributed by atoms with E-state index in [1.54, 1.807) is 11.8 Å². The molecule has 0 radical (unpaired) electrons. The van der Waals surface area contributed by atoms with Crippen molar-refractivity contribution in [2.45, 2.75) is 30.5 Å². The van der Waals surface area contributed by atoms with Crippen LogP contribution in [0.4, 0.5) is 5.69 Å². The van der Waals surface area contributed by atoms with Crippen LogP contribution in [0.25, 0.3) is 0 Å². The predicted octanol–water partition coefficient (Wildman–Crippen LogP) is 2.60. The van der Waals surface area contributed by atoms with Gasteiger partial charge in [0.15, 0.2) is 5.15 Å². The summed E-state index contributed by atoms with van der Waals surface area (Å²) in [4.78, 5) is 7.85. The van der Waals surface area contributed by atoms with Crippen molar-refractivity contribution in [3.63, 3.8) is 0 Å². The highest BCUT2D eigenvalue weighted by Crippen LogP contribution is 2.35. The standard InChI is InChI=1S/C8H12ClN3S/c1-8(2,3)13-7-5(10)6(9)11-4-12-7/h4H,10H2,1-3H3. The monoisotopic (exact) mass is 217 g/mol. The van der Waals surface area contributed by atoms with Crippen LogP contribution in [0.15, 0.2) is 11.4 Å². The first-order valence-electron chi connectivity index (χ1n) is 3.85. The summed E-state index contributed by atoms with van der Waals surface area (Å²) in [6, 6.07) is 0. The third-order valence-corrected chi connectivity index (χ3v) is 2.63. The molecule has 0 bridgehead atoms. The van der Waals surface area contributed by atoms with Crippen molar-refractivity contribution in [3.8, 4) is 0 Å². The van der Waals surface area contributed by atoms with Gasteiger partial charge < -0.3 is 5.73 Å². The highest BCUT2D eigenvalue weighted by Gasteiger charge is 2.16. The fraction of sp³-hybridized carbons (Fsp3) is 0.500. The molecule has 3 nitrogen and oxygen atoms in total. The lowest BCUT2D eigenvalue weighted by atomic mass is 10.3. The zero-order valence-electron chi connectivity index (χ0n) is 7.84. The molecule has 72 valence electrons. The Morgan fingerprint density at radius 2 is 2.00 bits per heavy atom. The summed E-state index contributed by atoms with van der Waals surface area (Å²) in [5.74, 6) is 0. The number of anilines is 1. The number of halogens is 1. The van der Waals surface area contributed by atoms with Gasteiger partial charge in [0, 0.05) is 4.75 Å². The van der Waals surface area contributed by atoms with Crippen LogP contribution in [0.2, 0.25) is 5.15 Å². The Kier molecular flexibility index (Phi) is 3.03. The van der Waals surface area contributed by atoms with E-state index in [0.717, 1.165) is 5.03 Å². The average Bonchev–Trinajstić information content (AvgIpc) is 1.96. The number of hydrogen-bond donors (Lipinski definition) is 1. The van der Waals surface area contributed by atoms with Gasteiger partial charge in [-0.3, -0.25) is 0 Å². The van der Waals surface area contributed by atoms with Gasteiger partial charge in [0.25, 0.3) is 0 Å². The number of nitrogens with two attached hydrogens (primary N) is 1. The van der Waals surface area contributed by atoms with Crippen molar-refractivity contribution >= 4 is 29.1 Å². The molecule has 1 aromatic heterocycles. The molecule has 1 aromatic rings. The molecule has 2 N–H and O–H groups in total. The summed E-state index contributed by atoms with van der Waals surface area (Å²) in [6.07, 6.45) is 1.42. The average molecular weight is 218 g/mol. The molecule has 5 heteroatoms. The third-order valence-electron chi connectivity index (χ3n) is 1.20. The van der Waals surface area contributed by atoms with Crippen LogP contribution < -0.4 is 5.73 Å². The van der Waals surface area contributed by atoms with Crippen LogP contribution in [0.1, 0.15) is 20.8 Å². The molecule has 0 aliphatic rings. The molecule has 0 atom stereocenters. The van der Waals surface area contributed by atoms with Crippen molar-refractivity contribution < 1.29 is 0 Å². The maximum atomic E-state index is 5.75. The Labute approximate surface area is 87.1 Å². The van der Waals surface area contributed by atoms with Crippen molar-refractivity contribution in [1.29, 1.82) is 0 Å². The predicted molar refractivity (Wildman–Crippen MR) is 57.1 cm³/mol. The van der Waals surface area contributed by atoms with Crippen LogP contribution in [-0.2, 0) is 0 Å². The maximum absolute atomic E-state index is 5.75. The lowest BCUT2D eigenvalue weighted by Crippen LogP contribution is -2.09. The van der Waals surface area contributed by atoms with E-state index in [1.165, 1.54) is 6.33 Å². The number of thioether (sulfide) groups is 1. The van der Waals surface area contributed by atoms with Gasteiger partial charge in [-0.25, -0.2) is 9.97 Å². The summed E-state index contributed by atoms with van der Waals surface area (Å²) < 4.78 is 0.0752. The van der Waals surface area contributed by atoms with Gasteiger partial charge in [-0.2, -0.15) is 0 Å². The van der Waals surface area contributed by atoms with E-state index in [4.69, 9.17) is 17.3 Å². The Bertz CT molecular complexity index is 309. The first-order valence-corrected chi connectivity index (χ1v) is 5.04. The first kappa shape index (κ1) is 10.6. The molecule has 1 rings (SSSR count). The van der Waals surface area contributed by atoms with Gasteiger partial charge in [0.1, 0.15) is 17.0 Å². The molecular formula is C8H12ClN3S. The zero-order valence-corrected chi connectivity index (χ0v) is 9.41. The summed E-state index contributed by atoms with van der Waals surface area (Å²) >= 11 is 7.33. The second-order valence-electron chi connectivity index (χ2n) is 3.60. The molecule has 0 saturated carbocycles. The topological polar surface area (TPSA) is 51.8 Å². The zero-order chi connectivity index (χ0) is 10.1. The molecule has 0 aliphatic carbocycles. The third kappa shape index (κ3) is 3.04. The minimum atomic E-state index is 0.0752. The molecule has 1 heterocycles. The summed E-state index contributed by atoms with van der Waals surface area (Å²) in [7, 11) is 0. The van der Waals surface area contributed by atoms with Crippen molar-refractivity contribution in [2.75, 3.05) is 5.73 Å². The molecule has 0 aromatic carbocycles. The van der Waals surface area contributed by atoms with E-state index in [0.29, 0.717) is 10.8 Å². The van der Waals surface area contributed by atoms with Gasteiger partial charge in [-0.15, -0.1) is 0 Å². The molecule has 0 aliphatic heterocycles. The fourth-order valence-electron chi connectivity index (χ4n) is 0.731. The van der Waals surface area contributed by atoms with Crippen molar-refractivity contribution in [1.82, 2.24) is 9.97 Å². The lowest BCUT2D eigenvalue weighted by Gasteiger charge is -2.17. The normalized spacial score (nSPS) is 11.7. The van der Waals surface area contributed by atoms with Gasteiger partial charge in [-0.1, -0.05) is 44.1 Å². The first-order chi connectivity index (χ1) is 5.90. The lowest BCUT2D eigenvalue weighted by molar-refractivity contribution is 0.799. The van der Waals surface area contributed by atoms with Gasteiger partial charge in [0.2, 0.25) is 0 Å². The fourth-order valence-corrected chi connectivity index (χ4v) is 1.81. The van der Waals surface area contributed by atoms with Crippen LogP contribution in [0, 0.1) is 0 Å². The van der Waals surface area contributed by atoms with Crippen molar-refractivity contribution in [3.05, 3.63) is 11.5 Å². The Balaban J connectivity index is 2.96. The van der Waals surface area contributed by atoms with E-state index in [2.05, 4.69) is 30.7 Å². The van der Waals surface area contributed by atoms with E-state index in [-0.39, 0.29) is 4.75 Å². The number of hydrogen-bond acceptors (Lipinski definition) is 4. The summed E-state index contributed by atoms with van der Waals surface area (Å²) in [6.45, 7) is 6.27. The van der Waals surface area contributed by atoms with E-state index in [1.807, 2.05) is 0 Å². The van der Waals surface area contributed by atoms with Crippen LogP contribution in [-0.4, -0.2) is 14.7 Å². The SMILES string of the molecule is CC(C)(C)Sc1ncnc(Cl)c1N. The number of nitrogens with zero attached hydrogens (tertiary/aromatic N) is 2. The summed E-state index contributed by atoms with van der Waals surface area (Å²) in [5, 5.41) is 1.06. The molecular weight excluding hydrogens is 206 g/mol. The minimum Gasteiger partial charge on any atom is -0.394 e. The van der Waals surface area contributed by atoms with Gasteiger partial charge in [-0.05, 0) is 0 Å². The molecule has 13 heavy (non-hydrogen) atoms. The molecule has 0 saturated heterocycles.